The number of rotatable bonds is 8. The molecule has 0 fully saturated rings. The third-order valence-corrected chi connectivity index (χ3v) is 3.60. The quantitative estimate of drug-likeness (QED) is 0.681. The lowest BCUT2D eigenvalue weighted by molar-refractivity contribution is -0.0154. The molecule has 0 bridgehead atoms. The maximum absolute atomic E-state index is 10.1. The largest absolute Gasteiger partial charge is 0.493 e. The van der Waals surface area contributed by atoms with Gasteiger partial charge in [0.1, 0.15) is 18.8 Å². The van der Waals surface area contributed by atoms with Gasteiger partial charge >= 0.3 is 0 Å². The van der Waals surface area contributed by atoms with Crippen LogP contribution in [0.2, 0.25) is 0 Å². The van der Waals surface area contributed by atoms with Gasteiger partial charge in [-0.25, -0.2) is 0 Å². The van der Waals surface area contributed by atoms with Crippen molar-refractivity contribution in [3.05, 3.63) is 53.6 Å². The number of benzene rings is 2. The van der Waals surface area contributed by atoms with Gasteiger partial charge < -0.3 is 29.5 Å². The lowest BCUT2D eigenvalue weighted by Gasteiger charge is -2.20. The van der Waals surface area contributed by atoms with Gasteiger partial charge in [0.25, 0.3) is 0 Å². The van der Waals surface area contributed by atoms with E-state index in [9.17, 15) is 10.2 Å². The molecular formula is C18H22O6. The zero-order valence-electron chi connectivity index (χ0n) is 13.7. The van der Waals surface area contributed by atoms with E-state index in [0.717, 1.165) is 5.56 Å². The zero-order chi connectivity index (χ0) is 17.5. The molecule has 130 valence electrons. The van der Waals surface area contributed by atoms with Crippen LogP contribution < -0.4 is 14.2 Å². The van der Waals surface area contributed by atoms with Crippen LogP contribution in [0.5, 0.6) is 17.2 Å². The lowest BCUT2D eigenvalue weighted by Crippen LogP contribution is -2.22. The van der Waals surface area contributed by atoms with E-state index in [1.165, 1.54) is 14.2 Å². The average molecular weight is 334 g/mol. The second kappa shape index (κ2) is 8.54. The zero-order valence-corrected chi connectivity index (χ0v) is 13.7. The molecule has 2 aromatic carbocycles. The molecule has 0 aromatic heterocycles. The Bertz CT molecular complexity index is 618. The molecule has 0 aliphatic heterocycles. The van der Waals surface area contributed by atoms with Crippen molar-refractivity contribution in [1.82, 2.24) is 0 Å². The molecule has 0 unspecified atom stereocenters. The van der Waals surface area contributed by atoms with Gasteiger partial charge in [-0.15, -0.1) is 0 Å². The van der Waals surface area contributed by atoms with E-state index in [4.69, 9.17) is 19.3 Å². The summed E-state index contributed by atoms with van der Waals surface area (Å²) in [6.45, 7) is -0.229. The summed E-state index contributed by atoms with van der Waals surface area (Å²) in [4.78, 5) is 0. The van der Waals surface area contributed by atoms with E-state index >= 15 is 0 Å². The highest BCUT2D eigenvalue weighted by Crippen LogP contribution is 2.40. The van der Waals surface area contributed by atoms with Gasteiger partial charge in [0.15, 0.2) is 11.5 Å². The fourth-order valence-electron chi connectivity index (χ4n) is 2.26. The Labute approximate surface area is 140 Å². The molecule has 0 saturated heterocycles. The summed E-state index contributed by atoms with van der Waals surface area (Å²) >= 11 is 0. The maximum Gasteiger partial charge on any atom is 0.203 e. The molecule has 24 heavy (non-hydrogen) atoms. The summed E-state index contributed by atoms with van der Waals surface area (Å²) < 4.78 is 16.5. The van der Waals surface area contributed by atoms with Crippen molar-refractivity contribution in [2.24, 2.45) is 0 Å². The van der Waals surface area contributed by atoms with Crippen molar-refractivity contribution in [2.75, 3.05) is 20.8 Å². The number of hydrogen-bond acceptors (Lipinski definition) is 6. The van der Waals surface area contributed by atoms with Crippen LogP contribution in [0.25, 0.3) is 0 Å². The Morgan fingerprint density at radius 2 is 1.54 bits per heavy atom. The number of ether oxygens (including phenoxy) is 3. The molecule has 6 heteroatoms. The highest BCUT2D eigenvalue weighted by Gasteiger charge is 2.22. The standard InChI is InChI=1S/C18H22O6/c1-22-15-8-13(17(21)14(20)10-19)9-16(23-2)18(15)24-11-12-6-4-3-5-7-12/h3-9,14,17,19-21H,10-11H2,1-2H3/t14-,17-/m1/s1. The van der Waals surface area contributed by atoms with E-state index in [0.29, 0.717) is 29.4 Å². The summed E-state index contributed by atoms with van der Waals surface area (Å²) in [5.74, 6) is 1.13. The number of aliphatic hydroxyl groups is 3. The van der Waals surface area contributed by atoms with Crippen LogP contribution in [0.4, 0.5) is 0 Å². The fourth-order valence-corrected chi connectivity index (χ4v) is 2.26. The van der Waals surface area contributed by atoms with Crippen LogP contribution >= 0.6 is 0 Å². The third kappa shape index (κ3) is 4.17. The first-order valence-electron chi connectivity index (χ1n) is 7.50. The minimum Gasteiger partial charge on any atom is -0.493 e. The van der Waals surface area contributed by atoms with Crippen LogP contribution in [-0.4, -0.2) is 42.3 Å². The van der Waals surface area contributed by atoms with Gasteiger partial charge in [-0.05, 0) is 23.3 Å². The van der Waals surface area contributed by atoms with Crippen LogP contribution in [0.15, 0.2) is 42.5 Å². The SMILES string of the molecule is COc1cc([C@@H](O)[C@H](O)CO)cc(OC)c1OCc1ccccc1. The van der Waals surface area contributed by atoms with Gasteiger partial charge in [-0.3, -0.25) is 0 Å². The monoisotopic (exact) mass is 334 g/mol. The third-order valence-electron chi connectivity index (χ3n) is 3.60. The van der Waals surface area contributed by atoms with Gasteiger partial charge in [0, 0.05) is 0 Å². The minimum absolute atomic E-state index is 0.328. The summed E-state index contributed by atoms with van der Waals surface area (Å²) in [6.07, 6.45) is -2.56. The molecule has 3 N–H and O–H groups in total. The second-order valence-electron chi connectivity index (χ2n) is 5.22. The van der Waals surface area contributed by atoms with Crippen molar-refractivity contribution in [2.45, 2.75) is 18.8 Å². The van der Waals surface area contributed by atoms with Gasteiger partial charge in [0.05, 0.1) is 20.8 Å². The molecule has 0 spiro atoms. The van der Waals surface area contributed by atoms with Gasteiger partial charge in [-0.1, -0.05) is 30.3 Å². The molecule has 0 aliphatic carbocycles. The van der Waals surface area contributed by atoms with E-state index < -0.39 is 18.8 Å². The average Bonchev–Trinajstić information content (AvgIpc) is 2.65. The molecule has 0 saturated carbocycles. The summed E-state index contributed by atoms with van der Waals surface area (Å²) in [6, 6.07) is 12.7. The highest BCUT2D eigenvalue weighted by atomic mass is 16.5. The van der Waals surface area contributed by atoms with Crippen molar-refractivity contribution in [3.63, 3.8) is 0 Å². The maximum atomic E-state index is 10.1. The van der Waals surface area contributed by atoms with Crippen molar-refractivity contribution < 1.29 is 29.5 Å². The molecule has 2 aromatic rings. The van der Waals surface area contributed by atoms with Crippen LogP contribution in [0, 0.1) is 0 Å². The Morgan fingerprint density at radius 1 is 0.958 bits per heavy atom. The molecule has 2 atom stereocenters. The second-order valence-corrected chi connectivity index (χ2v) is 5.22. The predicted molar refractivity (Wildman–Crippen MR) is 88.4 cm³/mol. The van der Waals surface area contributed by atoms with E-state index in [1.807, 2.05) is 30.3 Å². The Morgan fingerprint density at radius 3 is 2.04 bits per heavy atom. The first kappa shape index (κ1) is 18.1. The van der Waals surface area contributed by atoms with E-state index in [1.54, 1.807) is 12.1 Å². The van der Waals surface area contributed by atoms with Gasteiger partial charge in [-0.2, -0.15) is 0 Å². The lowest BCUT2D eigenvalue weighted by atomic mass is 10.0. The summed E-state index contributed by atoms with van der Waals surface area (Å²) in [5, 5.41) is 28.7. The van der Waals surface area contributed by atoms with Crippen LogP contribution in [0.3, 0.4) is 0 Å². The number of hydrogen-bond donors (Lipinski definition) is 3. The summed E-state index contributed by atoms with van der Waals surface area (Å²) in [5.41, 5.74) is 1.35. The topological polar surface area (TPSA) is 88.4 Å². The molecule has 0 heterocycles. The molecule has 0 aliphatic rings. The molecular weight excluding hydrogens is 312 g/mol. The Balaban J connectivity index is 2.30. The molecule has 6 nitrogen and oxygen atoms in total. The highest BCUT2D eigenvalue weighted by molar-refractivity contribution is 5.54. The fraction of sp³-hybridized carbons (Fsp3) is 0.333. The van der Waals surface area contributed by atoms with Crippen LogP contribution in [0.1, 0.15) is 17.2 Å². The molecule has 0 amide bonds. The first-order chi connectivity index (χ1) is 11.6. The Kier molecular flexibility index (Phi) is 6.43. The normalized spacial score (nSPS) is 13.2. The molecule has 0 radical (unpaired) electrons. The molecule has 2 rings (SSSR count). The summed E-state index contributed by atoms with van der Waals surface area (Å²) in [7, 11) is 2.95. The van der Waals surface area contributed by atoms with Crippen LogP contribution in [-0.2, 0) is 6.61 Å². The van der Waals surface area contributed by atoms with Crippen molar-refractivity contribution in [1.29, 1.82) is 0 Å². The van der Waals surface area contributed by atoms with Crippen molar-refractivity contribution >= 4 is 0 Å². The van der Waals surface area contributed by atoms with Crippen molar-refractivity contribution in [3.8, 4) is 17.2 Å². The number of methoxy groups -OCH3 is 2. The van der Waals surface area contributed by atoms with E-state index in [-0.39, 0.29) is 0 Å². The smallest absolute Gasteiger partial charge is 0.203 e. The predicted octanol–water partition coefficient (Wildman–Crippen LogP) is 1.67. The Hall–Kier alpha value is -2.28. The minimum atomic E-state index is -1.30. The van der Waals surface area contributed by atoms with E-state index in [2.05, 4.69) is 0 Å². The first-order valence-corrected chi connectivity index (χ1v) is 7.50. The number of aliphatic hydroxyl groups excluding tert-OH is 3. The van der Waals surface area contributed by atoms with Gasteiger partial charge in [0.2, 0.25) is 5.75 Å².